The number of amides is 2. The molecule has 4 atom stereocenters. The smallest absolute Gasteiger partial charge is 0.378 e. The Morgan fingerprint density at radius 2 is 1.71 bits per heavy atom. The molecule has 9 nitrogen and oxygen atoms in total. The van der Waals surface area contributed by atoms with Crippen molar-refractivity contribution in [3.63, 3.8) is 0 Å². The van der Waals surface area contributed by atoms with Crippen LogP contribution in [0.4, 0.5) is 35.3 Å². The molecule has 0 spiro atoms. The van der Waals surface area contributed by atoms with E-state index < -0.39 is 29.9 Å². The summed E-state index contributed by atoms with van der Waals surface area (Å²) in [5.41, 5.74) is 1.99. The second-order valence-electron chi connectivity index (χ2n) is 9.34. The first-order chi connectivity index (χ1) is 18.2. The van der Waals surface area contributed by atoms with Crippen LogP contribution < -0.4 is 20.9 Å². The van der Waals surface area contributed by atoms with Gasteiger partial charge in [0.15, 0.2) is 0 Å². The van der Waals surface area contributed by atoms with Crippen LogP contribution in [0.5, 0.6) is 0 Å². The van der Waals surface area contributed by atoms with Gasteiger partial charge in [0.1, 0.15) is 12.2 Å². The lowest BCUT2D eigenvalue weighted by atomic mass is 10.1. The van der Waals surface area contributed by atoms with Crippen molar-refractivity contribution in [1.29, 1.82) is 0 Å². The third-order valence-corrected chi connectivity index (χ3v) is 6.47. The van der Waals surface area contributed by atoms with Gasteiger partial charge in [-0.15, -0.1) is 0 Å². The number of hydrogen-bond acceptors (Lipinski definition) is 7. The third kappa shape index (κ3) is 5.65. The van der Waals surface area contributed by atoms with Crippen LogP contribution in [-0.4, -0.2) is 67.6 Å². The summed E-state index contributed by atoms with van der Waals surface area (Å²) in [5.74, 6) is 0.427. The van der Waals surface area contributed by atoms with E-state index in [9.17, 15) is 18.0 Å². The van der Waals surface area contributed by atoms with Gasteiger partial charge in [-0.2, -0.15) is 13.2 Å². The SMILES string of the molecule is CN(C)c1ccc(-c2ccnc(N[C@H]3CO[C@H]4[C@@H]3OC[C@@H]4NC(=O)Nc3cccc(C(F)(F)F)c3)n2)cc1. The normalized spacial score (nSPS) is 22.6. The van der Waals surface area contributed by atoms with Gasteiger partial charge in [0.2, 0.25) is 5.95 Å². The summed E-state index contributed by atoms with van der Waals surface area (Å²) < 4.78 is 50.6. The van der Waals surface area contributed by atoms with Crippen LogP contribution in [-0.2, 0) is 15.7 Å². The maximum Gasteiger partial charge on any atom is 0.416 e. The molecule has 2 amide bonds. The summed E-state index contributed by atoms with van der Waals surface area (Å²) in [6.45, 7) is 0.510. The van der Waals surface area contributed by atoms with Gasteiger partial charge in [0.05, 0.1) is 36.6 Å². The highest BCUT2D eigenvalue weighted by Gasteiger charge is 2.48. The Balaban J connectivity index is 1.18. The summed E-state index contributed by atoms with van der Waals surface area (Å²) in [4.78, 5) is 23.4. The Kier molecular flexibility index (Phi) is 7.09. The molecule has 0 unspecified atom stereocenters. The molecule has 3 N–H and O–H groups in total. The zero-order chi connectivity index (χ0) is 26.9. The van der Waals surface area contributed by atoms with E-state index in [-0.39, 0.29) is 24.4 Å². The first-order valence-corrected chi connectivity index (χ1v) is 12.0. The Morgan fingerprint density at radius 3 is 2.42 bits per heavy atom. The van der Waals surface area contributed by atoms with E-state index in [0.717, 1.165) is 29.1 Å². The van der Waals surface area contributed by atoms with Gasteiger partial charge in [0.25, 0.3) is 0 Å². The molecular formula is C26H27F3N6O3. The zero-order valence-corrected chi connectivity index (χ0v) is 20.7. The summed E-state index contributed by atoms with van der Waals surface area (Å²) >= 11 is 0. The largest absolute Gasteiger partial charge is 0.416 e. The van der Waals surface area contributed by atoms with E-state index in [2.05, 4.69) is 25.9 Å². The number of nitrogens with one attached hydrogen (secondary N) is 3. The van der Waals surface area contributed by atoms with Crippen molar-refractivity contribution in [2.45, 2.75) is 30.5 Å². The molecule has 2 fully saturated rings. The molecule has 200 valence electrons. The molecule has 0 radical (unpaired) electrons. The number of nitrogens with zero attached hydrogens (tertiary/aromatic N) is 3. The van der Waals surface area contributed by atoms with E-state index in [1.54, 1.807) is 6.20 Å². The fourth-order valence-electron chi connectivity index (χ4n) is 4.54. The molecule has 38 heavy (non-hydrogen) atoms. The van der Waals surface area contributed by atoms with Gasteiger partial charge in [-0.1, -0.05) is 18.2 Å². The van der Waals surface area contributed by atoms with E-state index in [1.807, 2.05) is 49.3 Å². The number of aromatic nitrogens is 2. The second-order valence-corrected chi connectivity index (χ2v) is 9.34. The second kappa shape index (κ2) is 10.5. The predicted molar refractivity (Wildman–Crippen MR) is 136 cm³/mol. The van der Waals surface area contributed by atoms with Crippen molar-refractivity contribution >= 4 is 23.4 Å². The highest BCUT2D eigenvalue weighted by atomic mass is 19.4. The molecule has 2 aliphatic rings. The minimum Gasteiger partial charge on any atom is -0.378 e. The number of urea groups is 1. The molecule has 0 bridgehead atoms. The van der Waals surface area contributed by atoms with E-state index in [4.69, 9.17) is 9.47 Å². The van der Waals surface area contributed by atoms with Gasteiger partial charge >= 0.3 is 12.2 Å². The summed E-state index contributed by atoms with van der Waals surface area (Å²) in [6, 6.07) is 12.9. The van der Waals surface area contributed by atoms with Crippen LogP contribution >= 0.6 is 0 Å². The van der Waals surface area contributed by atoms with Crippen LogP contribution in [0.2, 0.25) is 0 Å². The highest BCUT2D eigenvalue weighted by Crippen LogP contribution is 2.31. The third-order valence-electron chi connectivity index (χ3n) is 6.47. The molecule has 5 rings (SSSR count). The van der Waals surface area contributed by atoms with Gasteiger partial charge in [0, 0.05) is 37.2 Å². The fourth-order valence-corrected chi connectivity index (χ4v) is 4.54. The number of halogens is 3. The van der Waals surface area contributed by atoms with Crippen molar-refractivity contribution < 1.29 is 27.4 Å². The average Bonchev–Trinajstić information content (AvgIpc) is 3.47. The molecule has 2 saturated heterocycles. The Bertz CT molecular complexity index is 1290. The first-order valence-electron chi connectivity index (χ1n) is 12.0. The van der Waals surface area contributed by atoms with Gasteiger partial charge in [-0.3, -0.25) is 0 Å². The van der Waals surface area contributed by atoms with Crippen molar-refractivity contribution in [3.05, 3.63) is 66.4 Å². The Morgan fingerprint density at radius 1 is 1.00 bits per heavy atom. The summed E-state index contributed by atoms with van der Waals surface area (Å²) in [5, 5.41) is 8.46. The van der Waals surface area contributed by atoms with Crippen LogP contribution in [0.1, 0.15) is 5.56 Å². The number of anilines is 3. The molecule has 0 saturated carbocycles. The molecule has 12 heteroatoms. The van der Waals surface area contributed by atoms with Crippen molar-refractivity contribution in [1.82, 2.24) is 15.3 Å². The standard InChI is InChI=1S/C26H27F3N6O3/c1-35(2)18-8-6-15(7-9-18)19-10-11-30-24(32-19)33-20-13-37-23-21(14-38-22(20)23)34-25(36)31-17-5-3-4-16(12-17)26(27,28)29/h3-12,20-23H,13-14H2,1-2H3,(H,30,32,33)(H2,31,34,36)/t20-,21-,22+,23+/m0/s1. The minimum atomic E-state index is -4.50. The Labute approximate surface area is 217 Å². The molecule has 3 aromatic rings. The molecular weight excluding hydrogens is 501 g/mol. The number of carbonyl (C=O) groups is 1. The monoisotopic (exact) mass is 528 g/mol. The predicted octanol–water partition coefficient (Wildman–Crippen LogP) is 4.00. The van der Waals surface area contributed by atoms with E-state index in [0.29, 0.717) is 12.6 Å². The summed E-state index contributed by atoms with van der Waals surface area (Å²) in [6.07, 6.45) is -3.61. The number of alkyl halides is 3. The quantitative estimate of drug-likeness (QED) is 0.445. The van der Waals surface area contributed by atoms with Crippen LogP contribution in [0.15, 0.2) is 60.8 Å². The van der Waals surface area contributed by atoms with Crippen LogP contribution in [0.3, 0.4) is 0 Å². The molecule has 3 heterocycles. The molecule has 2 aliphatic heterocycles. The van der Waals surface area contributed by atoms with Crippen LogP contribution in [0, 0.1) is 0 Å². The number of benzene rings is 2. The molecule has 1 aromatic heterocycles. The lowest BCUT2D eigenvalue weighted by Crippen LogP contribution is -2.46. The number of ether oxygens (including phenoxy) is 2. The van der Waals surface area contributed by atoms with Gasteiger partial charge < -0.3 is 30.3 Å². The first kappa shape index (κ1) is 25.7. The zero-order valence-electron chi connectivity index (χ0n) is 20.7. The molecule has 0 aliphatic carbocycles. The lowest BCUT2D eigenvalue weighted by Gasteiger charge is -2.19. The highest BCUT2D eigenvalue weighted by molar-refractivity contribution is 5.89. The van der Waals surface area contributed by atoms with Gasteiger partial charge in [-0.25, -0.2) is 14.8 Å². The van der Waals surface area contributed by atoms with E-state index >= 15 is 0 Å². The van der Waals surface area contributed by atoms with Crippen LogP contribution in [0.25, 0.3) is 11.3 Å². The van der Waals surface area contributed by atoms with Crippen molar-refractivity contribution in [2.75, 3.05) is 42.8 Å². The average molecular weight is 529 g/mol. The molecule has 2 aromatic carbocycles. The number of hydrogen-bond donors (Lipinski definition) is 3. The summed E-state index contributed by atoms with van der Waals surface area (Å²) in [7, 11) is 3.96. The maximum absolute atomic E-state index is 12.9. The fraction of sp³-hybridized carbons (Fsp3) is 0.346. The minimum absolute atomic E-state index is 0.0352. The number of rotatable bonds is 6. The van der Waals surface area contributed by atoms with Crippen molar-refractivity contribution in [2.24, 2.45) is 0 Å². The van der Waals surface area contributed by atoms with Gasteiger partial charge in [-0.05, 0) is 36.4 Å². The maximum atomic E-state index is 12.9. The van der Waals surface area contributed by atoms with E-state index in [1.165, 1.54) is 12.1 Å². The number of fused-ring (bicyclic) bond motifs is 1. The lowest BCUT2D eigenvalue weighted by molar-refractivity contribution is -0.137. The number of carbonyl (C=O) groups excluding carboxylic acids is 1. The topological polar surface area (TPSA) is 101 Å². The Hall–Kier alpha value is -3.90. The van der Waals surface area contributed by atoms with Crippen molar-refractivity contribution in [3.8, 4) is 11.3 Å².